The van der Waals surface area contributed by atoms with Crippen molar-refractivity contribution in [1.82, 2.24) is 5.32 Å². The third kappa shape index (κ3) is 6.84. The molecule has 0 aliphatic rings. The van der Waals surface area contributed by atoms with E-state index in [9.17, 15) is 4.79 Å². The maximum atomic E-state index is 11.0. The zero-order valence-electron chi connectivity index (χ0n) is 8.05. The van der Waals surface area contributed by atoms with Gasteiger partial charge < -0.3 is 10.4 Å². The van der Waals surface area contributed by atoms with E-state index >= 15 is 0 Å². The molecule has 4 heteroatoms. The van der Waals surface area contributed by atoms with Crippen molar-refractivity contribution < 1.29 is 9.90 Å². The average molecular weight is 208 g/mol. The lowest BCUT2D eigenvalue weighted by atomic mass is 10.0. The summed E-state index contributed by atoms with van der Waals surface area (Å²) >= 11 is 5.41. The SMILES string of the molecule is CCC(CCO)CNC(=O)CCCl. The van der Waals surface area contributed by atoms with Crippen LogP contribution in [-0.4, -0.2) is 30.0 Å². The molecule has 0 aromatic carbocycles. The van der Waals surface area contributed by atoms with Gasteiger partial charge in [0.15, 0.2) is 0 Å². The second-order valence-corrected chi connectivity index (χ2v) is 3.41. The number of alkyl halides is 1. The number of hydrogen-bond donors (Lipinski definition) is 2. The fourth-order valence-corrected chi connectivity index (χ4v) is 1.24. The van der Waals surface area contributed by atoms with Crippen LogP contribution >= 0.6 is 11.6 Å². The molecule has 2 N–H and O–H groups in total. The fraction of sp³-hybridized carbons (Fsp3) is 0.889. The number of carbonyl (C=O) groups excluding carboxylic acids is 1. The molecule has 0 fully saturated rings. The Morgan fingerprint density at radius 3 is 2.77 bits per heavy atom. The summed E-state index contributed by atoms with van der Waals surface area (Å²) in [6, 6.07) is 0. The minimum atomic E-state index is -0.00797. The Hall–Kier alpha value is -0.280. The maximum absolute atomic E-state index is 11.0. The predicted molar refractivity (Wildman–Crippen MR) is 53.8 cm³/mol. The summed E-state index contributed by atoms with van der Waals surface area (Å²) < 4.78 is 0. The highest BCUT2D eigenvalue weighted by molar-refractivity contribution is 6.18. The lowest BCUT2D eigenvalue weighted by Gasteiger charge is -2.13. The van der Waals surface area contributed by atoms with Gasteiger partial charge in [0, 0.05) is 25.5 Å². The fourth-order valence-electron chi connectivity index (χ4n) is 1.07. The van der Waals surface area contributed by atoms with Crippen LogP contribution in [0.5, 0.6) is 0 Å². The predicted octanol–water partition coefficient (Wildman–Crippen LogP) is 1.14. The molecule has 0 saturated heterocycles. The molecule has 0 rings (SSSR count). The van der Waals surface area contributed by atoms with Crippen molar-refractivity contribution in [2.75, 3.05) is 19.0 Å². The third-order valence-corrected chi connectivity index (χ3v) is 2.21. The van der Waals surface area contributed by atoms with Crippen LogP contribution in [-0.2, 0) is 4.79 Å². The Balaban J connectivity index is 3.52. The Morgan fingerprint density at radius 2 is 2.31 bits per heavy atom. The Kier molecular flexibility index (Phi) is 8.14. The van der Waals surface area contributed by atoms with E-state index in [1.807, 2.05) is 6.92 Å². The quantitative estimate of drug-likeness (QED) is 0.616. The highest BCUT2D eigenvalue weighted by atomic mass is 35.5. The summed E-state index contributed by atoms with van der Waals surface area (Å²) in [5.74, 6) is 0.735. The molecule has 0 bridgehead atoms. The molecule has 78 valence electrons. The number of halogens is 1. The van der Waals surface area contributed by atoms with Crippen LogP contribution in [0.3, 0.4) is 0 Å². The van der Waals surface area contributed by atoms with Crippen LogP contribution in [0.4, 0.5) is 0 Å². The summed E-state index contributed by atoms with van der Waals surface area (Å²) in [6.07, 6.45) is 2.09. The molecule has 1 amide bonds. The molecule has 1 unspecified atom stereocenters. The van der Waals surface area contributed by atoms with E-state index in [4.69, 9.17) is 16.7 Å². The van der Waals surface area contributed by atoms with Crippen molar-refractivity contribution in [2.24, 2.45) is 5.92 Å². The van der Waals surface area contributed by atoms with E-state index in [2.05, 4.69) is 5.32 Å². The first kappa shape index (κ1) is 12.7. The summed E-state index contributed by atoms with van der Waals surface area (Å²) in [5.41, 5.74) is 0. The largest absolute Gasteiger partial charge is 0.396 e. The van der Waals surface area contributed by atoms with Gasteiger partial charge in [-0.25, -0.2) is 0 Å². The van der Waals surface area contributed by atoms with Crippen molar-refractivity contribution in [3.8, 4) is 0 Å². The molecule has 0 spiro atoms. The molecule has 0 aliphatic carbocycles. The molecule has 1 atom stereocenters. The summed E-state index contributed by atoms with van der Waals surface area (Å²) in [6.45, 7) is 2.88. The van der Waals surface area contributed by atoms with Crippen molar-refractivity contribution in [2.45, 2.75) is 26.2 Å². The van der Waals surface area contributed by atoms with Gasteiger partial charge in [-0.2, -0.15) is 0 Å². The second kappa shape index (κ2) is 8.32. The van der Waals surface area contributed by atoms with Gasteiger partial charge in [-0.1, -0.05) is 13.3 Å². The van der Waals surface area contributed by atoms with Crippen molar-refractivity contribution in [3.63, 3.8) is 0 Å². The van der Waals surface area contributed by atoms with Gasteiger partial charge in [-0.05, 0) is 12.3 Å². The first-order valence-electron chi connectivity index (χ1n) is 4.68. The van der Waals surface area contributed by atoms with Gasteiger partial charge in [0.2, 0.25) is 5.91 Å². The average Bonchev–Trinajstić information content (AvgIpc) is 2.12. The lowest BCUT2D eigenvalue weighted by Crippen LogP contribution is -2.29. The van der Waals surface area contributed by atoms with Crippen molar-refractivity contribution in [1.29, 1.82) is 0 Å². The maximum Gasteiger partial charge on any atom is 0.221 e. The van der Waals surface area contributed by atoms with Gasteiger partial charge in [0.05, 0.1) is 0 Å². The third-order valence-electron chi connectivity index (χ3n) is 2.02. The highest BCUT2D eigenvalue weighted by Gasteiger charge is 2.07. The number of rotatable bonds is 7. The second-order valence-electron chi connectivity index (χ2n) is 3.03. The number of amides is 1. The van der Waals surface area contributed by atoms with E-state index < -0.39 is 0 Å². The topological polar surface area (TPSA) is 49.3 Å². The molecule has 13 heavy (non-hydrogen) atoms. The van der Waals surface area contributed by atoms with Gasteiger partial charge in [-0.3, -0.25) is 4.79 Å². The number of carbonyl (C=O) groups is 1. The van der Waals surface area contributed by atoms with Crippen LogP contribution in [0.1, 0.15) is 26.2 Å². The molecule has 0 heterocycles. The number of hydrogen-bond acceptors (Lipinski definition) is 2. The van der Waals surface area contributed by atoms with Crippen LogP contribution in [0, 0.1) is 5.92 Å². The van der Waals surface area contributed by atoms with Gasteiger partial charge in [0.1, 0.15) is 0 Å². The Bertz CT molecular complexity index is 142. The monoisotopic (exact) mass is 207 g/mol. The standard InChI is InChI=1S/C9H18ClNO2/c1-2-8(4-6-12)7-11-9(13)3-5-10/h8,12H,2-7H2,1H3,(H,11,13). The van der Waals surface area contributed by atoms with Crippen LogP contribution in [0.25, 0.3) is 0 Å². The first-order chi connectivity index (χ1) is 6.24. The minimum Gasteiger partial charge on any atom is -0.396 e. The number of aliphatic hydroxyl groups excluding tert-OH is 1. The van der Waals surface area contributed by atoms with Gasteiger partial charge in [0.25, 0.3) is 0 Å². The Morgan fingerprint density at radius 1 is 1.62 bits per heavy atom. The van der Waals surface area contributed by atoms with E-state index in [0.29, 0.717) is 24.8 Å². The molecular weight excluding hydrogens is 190 g/mol. The molecule has 0 aromatic heterocycles. The summed E-state index contributed by atoms with van der Waals surface area (Å²) in [4.78, 5) is 11.0. The van der Waals surface area contributed by atoms with Crippen molar-refractivity contribution in [3.05, 3.63) is 0 Å². The molecular formula is C9H18ClNO2. The molecule has 0 radical (unpaired) electrons. The highest BCUT2D eigenvalue weighted by Crippen LogP contribution is 2.05. The van der Waals surface area contributed by atoms with Crippen molar-refractivity contribution >= 4 is 17.5 Å². The van der Waals surface area contributed by atoms with E-state index in [1.54, 1.807) is 0 Å². The van der Waals surface area contributed by atoms with Gasteiger partial charge in [-0.15, -0.1) is 11.6 Å². The smallest absolute Gasteiger partial charge is 0.221 e. The van der Waals surface area contributed by atoms with E-state index in [1.165, 1.54) is 0 Å². The van der Waals surface area contributed by atoms with Crippen LogP contribution < -0.4 is 5.32 Å². The minimum absolute atomic E-state index is 0.00797. The molecule has 0 aliphatic heterocycles. The lowest BCUT2D eigenvalue weighted by molar-refractivity contribution is -0.120. The number of nitrogens with one attached hydrogen (secondary N) is 1. The van der Waals surface area contributed by atoms with E-state index in [0.717, 1.165) is 12.8 Å². The summed E-state index contributed by atoms with van der Waals surface area (Å²) in [7, 11) is 0. The summed E-state index contributed by atoms with van der Waals surface area (Å²) in [5, 5.41) is 11.5. The molecule has 3 nitrogen and oxygen atoms in total. The Labute approximate surface area is 84.5 Å². The van der Waals surface area contributed by atoms with Crippen LogP contribution in [0.2, 0.25) is 0 Å². The molecule has 0 aromatic rings. The van der Waals surface area contributed by atoms with E-state index in [-0.39, 0.29) is 12.5 Å². The zero-order chi connectivity index (χ0) is 10.1. The molecule has 0 saturated carbocycles. The zero-order valence-corrected chi connectivity index (χ0v) is 8.81. The van der Waals surface area contributed by atoms with Gasteiger partial charge >= 0.3 is 0 Å². The first-order valence-corrected chi connectivity index (χ1v) is 5.21. The number of aliphatic hydroxyl groups is 1. The van der Waals surface area contributed by atoms with Crippen LogP contribution in [0.15, 0.2) is 0 Å². The normalized spacial score (nSPS) is 12.5.